The van der Waals surface area contributed by atoms with E-state index in [2.05, 4.69) is 53.7 Å². The smallest absolute Gasteiger partial charge is 0.159 e. The van der Waals surface area contributed by atoms with Crippen LogP contribution in [0, 0.1) is 41.5 Å². The van der Waals surface area contributed by atoms with E-state index in [0.29, 0.717) is 0 Å². The molecule has 0 amide bonds. The maximum Gasteiger partial charge on any atom is 0.159 e. The molecule has 0 aliphatic rings. The molecule has 1 nitrogen and oxygen atoms in total. The van der Waals surface area contributed by atoms with Crippen LogP contribution in [-0.4, -0.2) is 5.78 Å². The zero-order valence-electron chi connectivity index (χ0n) is 15.3. The molecular formula is C22H26O. The molecule has 1 heteroatoms. The van der Waals surface area contributed by atoms with Crippen molar-refractivity contribution in [1.82, 2.24) is 0 Å². The normalized spacial score (nSPS) is 11.3. The Morgan fingerprint density at radius 3 is 1.83 bits per heavy atom. The highest BCUT2D eigenvalue weighted by atomic mass is 16.1. The summed E-state index contributed by atoms with van der Waals surface area (Å²) in [5.74, 6) is 0.106. The van der Waals surface area contributed by atoms with E-state index in [0.717, 1.165) is 11.1 Å². The third-order valence-corrected chi connectivity index (χ3v) is 5.17. The number of hydrogen-bond donors (Lipinski definition) is 0. The van der Waals surface area contributed by atoms with Gasteiger partial charge in [0, 0.05) is 5.56 Å². The summed E-state index contributed by atoms with van der Waals surface area (Å²) >= 11 is 0. The molecule has 2 rings (SSSR count). The molecule has 0 unspecified atom stereocenters. The Kier molecular flexibility index (Phi) is 4.89. The molecule has 0 saturated heterocycles. The standard InChI is InChI=1S/C22H26O/c1-13-8-9-21(19(7)23)12-20(13)10-11-22-17(5)15(3)14(2)16(4)18(22)6/h8-12H,1-7H3/b11-10+. The van der Waals surface area contributed by atoms with E-state index >= 15 is 0 Å². The van der Waals surface area contributed by atoms with Crippen LogP contribution in [-0.2, 0) is 0 Å². The predicted molar refractivity (Wildman–Crippen MR) is 100 cm³/mol. The zero-order chi connectivity index (χ0) is 17.3. The Morgan fingerprint density at radius 2 is 1.30 bits per heavy atom. The molecule has 0 saturated carbocycles. The molecule has 2 aromatic rings. The van der Waals surface area contributed by atoms with Crippen molar-refractivity contribution >= 4 is 17.9 Å². The summed E-state index contributed by atoms with van der Waals surface area (Å²) in [7, 11) is 0. The molecule has 0 aliphatic carbocycles. The first-order valence-electron chi connectivity index (χ1n) is 8.10. The lowest BCUT2D eigenvalue weighted by Gasteiger charge is -2.16. The highest BCUT2D eigenvalue weighted by molar-refractivity contribution is 5.95. The Balaban J connectivity index is 2.54. The molecule has 0 bridgehead atoms. The lowest BCUT2D eigenvalue weighted by atomic mass is 9.89. The van der Waals surface area contributed by atoms with E-state index in [9.17, 15) is 4.79 Å². The highest BCUT2D eigenvalue weighted by Crippen LogP contribution is 2.28. The summed E-state index contributed by atoms with van der Waals surface area (Å²) in [6.07, 6.45) is 4.32. The minimum atomic E-state index is 0.106. The molecule has 0 N–H and O–H groups in total. The summed E-state index contributed by atoms with van der Waals surface area (Å²) in [4.78, 5) is 11.6. The van der Waals surface area contributed by atoms with E-state index in [4.69, 9.17) is 0 Å². The Hall–Kier alpha value is -2.15. The summed E-state index contributed by atoms with van der Waals surface area (Å²) in [6.45, 7) is 14.6. The number of carbonyl (C=O) groups is 1. The van der Waals surface area contributed by atoms with Gasteiger partial charge in [0.15, 0.2) is 5.78 Å². The van der Waals surface area contributed by atoms with Crippen LogP contribution in [0.1, 0.15) is 61.8 Å². The van der Waals surface area contributed by atoms with Crippen LogP contribution in [0.15, 0.2) is 18.2 Å². The van der Waals surface area contributed by atoms with Crippen molar-refractivity contribution in [2.75, 3.05) is 0 Å². The fraction of sp³-hybridized carbons (Fsp3) is 0.318. The molecule has 0 aromatic heterocycles. The van der Waals surface area contributed by atoms with Crippen molar-refractivity contribution in [3.05, 3.63) is 68.3 Å². The van der Waals surface area contributed by atoms with Crippen molar-refractivity contribution < 1.29 is 4.79 Å². The number of carbonyl (C=O) groups excluding carboxylic acids is 1. The van der Waals surface area contributed by atoms with Crippen LogP contribution in [0.5, 0.6) is 0 Å². The summed E-state index contributed by atoms with van der Waals surface area (Å²) < 4.78 is 0. The van der Waals surface area contributed by atoms with Crippen LogP contribution >= 0.6 is 0 Å². The lowest BCUT2D eigenvalue weighted by Crippen LogP contribution is -1.99. The Bertz CT molecular complexity index is 778. The molecule has 23 heavy (non-hydrogen) atoms. The van der Waals surface area contributed by atoms with Gasteiger partial charge in [-0.05, 0) is 99.0 Å². The third kappa shape index (κ3) is 3.29. The fourth-order valence-corrected chi connectivity index (χ4v) is 2.99. The lowest BCUT2D eigenvalue weighted by molar-refractivity contribution is 0.101. The molecular weight excluding hydrogens is 280 g/mol. The molecule has 0 fully saturated rings. The van der Waals surface area contributed by atoms with E-state index in [1.165, 1.54) is 38.9 Å². The van der Waals surface area contributed by atoms with Gasteiger partial charge in [-0.15, -0.1) is 0 Å². The third-order valence-electron chi connectivity index (χ3n) is 5.17. The highest BCUT2D eigenvalue weighted by Gasteiger charge is 2.10. The van der Waals surface area contributed by atoms with Gasteiger partial charge < -0.3 is 0 Å². The van der Waals surface area contributed by atoms with Gasteiger partial charge in [-0.25, -0.2) is 0 Å². The van der Waals surface area contributed by atoms with Crippen LogP contribution in [0.2, 0.25) is 0 Å². The van der Waals surface area contributed by atoms with Gasteiger partial charge in [0.1, 0.15) is 0 Å². The fourth-order valence-electron chi connectivity index (χ4n) is 2.99. The first-order chi connectivity index (χ1) is 10.7. The predicted octanol–water partition coefficient (Wildman–Crippen LogP) is 5.91. The van der Waals surface area contributed by atoms with Crippen LogP contribution in [0.3, 0.4) is 0 Å². The number of Topliss-reactive ketones (excluding diaryl/α,β-unsaturated/α-hetero) is 1. The van der Waals surface area contributed by atoms with Gasteiger partial charge in [-0.3, -0.25) is 4.79 Å². The number of aryl methyl sites for hydroxylation is 1. The Morgan fingerprint density at radius 1 is 0.783 bits per heavy atom. The number of benzene rings is 2. The average Bonchev–Trinajstić information content (AvgIpc) is 2.52. The van der Waals surface area contributed by atoms with E-state index in [-0.39, 0.29) is 5.78 Å². The molecule has 0 heterocycles. The van der Waals surface area contributed by atoms with Gasteiger partial charge in [0.05, 0.1) is 0 Å². The second-order valence-corrected chi connectivity index (χ2v) is 6.50. The molecule has 0 spiro atoms. The van der Waals surface area contributed by atoms with Crippen molar-refractivity contribution in [3.63, 3.8) is 0 Å². The first kappa shape index (κ1) is 17.2. The summed E-state index contributed by atoms with van der Waals surface area (Å²) in [5, 5.41) is 0. The first-order valence-corrected chi connectivity index (χ1v) is 8.10. The van der Waals surface area contributed by atoms with Gasteiger partial charge in [-0.2, -0.15) is 0 Å². The number of hydrogen-bond acceptors (Lipinski definition) is 1. The van der Waals surface area contributed by atoms with Gasteiger partial charge in [0.2, 0.25) is 0 Å². The van der Waals surface area contributed by atoms with Gasteiger partial charge in [-0.1, -0.05) is 24.3 Å². The molecule has 120 valence electrons. The number of rotatable bonds is 3. The van der Waals surface area contributed by atoms with E-state index in [1.54, 1.807) is 6.92 Å². The molecule has 0 aliphatic heterocycles. The maximum atomic E-state index is 11.6. The van der Waals surface area contributed by atoms with Gasteiger partial charge >= 0.3 is 0 Å². The topological polar surface area (TPSA) is 17.1 Å². The van der Waals surface area contributed by atoms with Crippen LogP contribution in [0.25, 0.3) is 12.2 Å². The van der Waals surface area contributed by atoms with E-state index in [1.807, 2.05) is 18.2 Å². The minimum Gasteiger partial charge on any atom is -0.295 e. The largest absolute Gasteiger partial charge is 0.295 e. The quantitative estimate of drug-likeness (QED) is 0.509. The van der Waals surface area contributed by atoms with Crippen molar-refractivity contribution in [2.45, 2.75) is 48.5 Å². The molecule has 0 radical (unpaired) electrons. The second-order valence-electron chi connectivity index (χ2n) is 6.50. The number of ketones is 1. The van der Waals surface area contributed by atoms with Crippen LogP contribution < -0.4 is 0 Å². The Labute approximate surface area is 140 Å². The van der Waals surface area contributed by atoms with Crippen LogP contribution in [0.4, 0.5) is 0 Å². The van der Waals surface area contributed by atoms with Crippen molar-refractivity contribution in [3.8, 4) is 0 Å². The zero-order valence-corrected chi connectivity index (χ0v) is 15.3. The minimum absolute atomic E-state index is 0.106. The summed E-state index contributed by atoms with van der Waals surface area (Å²) in [5.41, 5.74) is 11.1. The van der Waals surface area contributed by atoms with Crippen molar-refractivity contribution in [2.24, 2.45) is 0 Å². The second kappa shape index (κ2) is 6.54. The molecule has 2 aromatic carbocycles. The maximum absolute atomic E-state index is 11.6. The average molecular weight is 306 g/mol. The van der Waals surface area contributed by atoms with Gasteiger partial charge in [0.25, 0.3) is 0 Å². The summed E-state index contributed by atoms with van der Waals surface area (Å²) in [6, 6.07) is 5.89. The van der Waals surface area contributed by atoms with Crippen molar-refractivity contribution in [1.29, 1.82) is 0 Å². The van der Waals surface area contributed by atoms with E-state index < -0.39 is 0 Å². The molecule has 0 atom stereocenters. The monoisotopic (exact) mass is 306 g/mol. The SMILES string of the molecule is CC(=O)c1ccc(C)c(/C=C/c2c(C)c(C)c(C)c(C)c2C)c1.